The summed E-state index contributed by atoms with van der Waals surface area (Å²) >= 11 is 0. The highest BCUT2D eigenvalue weighted by Crippen LogP contribution is 2.35. The van der Waals surface area contributed by atoms with Crippen LogP contribution in [0.15, 0.2) is 30.3 Å². The van der Waals surface area contributed by atoms with Crippen molar-refractivity contribution in [3.63, 3.8) is 0 Å². The number of benzene rings is 1. The quantitative estimate of drug-likeness (QED) is 0.555. The van der Waals surface area contributed by atoms with E-state index in [9.17, 15) is 5.11 Å². The molecule has 3 aliphatic heterocycles. The zero-order chi connectivity index (χ0) is 25.4. The summed E-state index contributed by atoms with van der Waals surface area (Å²) in [6.07, 6.45) is 1.56. The van der Waals surface area contributed by atoms with Crippen molar-refractivity contribution in [1.82, 2.24) is 15.0 Å². The zero-order valence-electron chi connectivity index (χ0n) is 21.4. The van der Waals surface area contributed by atoms with Crippen LogP contribution in [-0.2, 0) is 20.8 Å². The number of aromatic nitrogens is 3. The molecule has 1 atom stereocenters. The number of nitrogens with zero attached hydrogens (tertiary/aromatic N) is 5. The van der Waals surface area contributed by atoms with Crippen LogP contribution in [0.4, 0.5) is 11.8 Å². The van der Waals surface area contributed by atoms with E-state index in [4.69, 9.17) is 33.9 Å². The number of pyridine rings is 1. The monoisotopic (exact) mass is 507 g/mol. The Morgan fingerprint density at radius 3 is 2.57 bits per heavy atom. The van der Waals surface area contributed by atoms with Crippen LogP contribution in [0.1, 0.15) is 25.3 Å². The second-order valence-corrected chi connectivity index (χ2v) is 9.81. The van der Waals surface area contributed by atoms with Crippen molar-refractivity contribution >= 4 is 22.8 Å². The molecule has 3 aromatic rings. The van der Waals surface area contributed by atoms with Crippen molar-refractivity contribution in [1.29, 1.82) is 0 Å². The molecule has 1 spiro atoms. The number of ether oxygens (including phenoxy) is 4. The van der Waals surface area contributed by atoms with Gasteiger partial charge in [-0.05, 0) is 37.3 Å². The van der Waals surface area contributed by atoms with Gasteiger partial charge in [-0.15, -0.1) is 0 Å². The van der Waals surface area contributed by atoms with E-state index < -0.39 is 5.79 Å². The molecule has 1 aromatic carbocycles. The van der Waals surface area contributed by atoms with Crippen molar-refractivity contribution in [2.24, 2.45) is 0 Å². The minimum absolute atomic E-state index is 0.111. The lowest BCUT2D eigenvalue weighted by Gasteiger charge is -2.38. The van der Waals surface area contributed by atoms with Crippen LogP contribution in [0, 0.1) is 0 Å². The topological polar surface area (TPSA) is 102 Å². The number of rotatable bonds is 5. The maximum absolute atomic E-state index is 9.80. The van der Waals surface area contributed by atoms with Gasteiger partial charge >= 0.3 is 0 Å². The second kappa shape index (κ2) is 10.0. The summed E-state index contributed by atoms with van der Waals surface area (Å²) < 4.78 is 22.9. The van der Waals surface area contributed by atoms with Gasteiger partial charge in [-0.25, -0.2) is 4.98 Å². The smallest absolute Gasteiger partial charge is 0.229 e. The van der Waals surface area contributed by atoms with Gasteiger partial charge in [-0.1, -0.05) is 0 Å². The van der Waals surface area contributed by atoms with E-state index in [1.54, 1.807) is 7.11 Å². The number of fused-ring (bicyclic) bond motifs is 1. The molecule has 0 bridgehead atoms. The fourth-order valence-corrected chi connectivity index (χ4v) is 5.44. The van der Waals surface area contributed by atoms with E-state index in [0.717, 1.165) is 54.9 Å². The first kappa shape index (κ1) is 24.3. The van der Waals surface area contributed by atoms with Gasteiger partial charge in [-0.3, -0.25) is 0 Å². The summed E-state index contributed by atoms with van der Waals surface area (Å²) in [5.74, 6) is 1.75. The number of morpholine rings is 1. The Kier molecular flexibility index (Phi) is 6.58. The van der Waals surface area contributed by atoms with Crippen LogP contribution >= 0.6 is 0 Å². The lowest BCUT2D eigenvalue weighted by molar-refractivity contribution is -0.169. The lowest BCUT2D eigenvalue weighted by Crippen LogP contribution is -2.46. The van der Waals surface area contributed by atoms with Crippen LogP contribution in [0.2, 0.25) is 0 Å². The van der Waals surface area contributed by atoms with Crippen molar-refractivity contribution in [2.75, 3.05) is 63.0 Å². The molecule has 3 aliphatic rings. The fraction of sp³-hybridized carbons (Fsp3) is 0.519. The van der Waals surface area contributed by atoms with Gasteiger partial charge in [0.05, 0.1) is 57.3 Å². The van der Waals surface area contributed by atoms with Crippen molar-refractivity contribution in [3.8, 4) is 17.0 Å². The minimum Gasteiger partial charge on any atom is -0.496 e. The predicted octanol–water partition coefficient (Wildman–Crippen LogP) is 2.76. The predicted molar refractivity (Wildman–Crippen MR) is 139 cm³/mol. The van der Waals surface area contributed by atoms with Crippen LogP contribution in [-0.4, -0.2) is 85.1 Å². The van der Waals surface area contributed by atoms with Gasteiger partial charge in [0.25, 0.3) is 0 Å². The number of aliphatic hydroxyl groups excluding tert-OH is 1. The maximum atomic E-state index is 9.80. The molecule has 1 N–H and O–H groups in total. The largest absolute Gasteiger partial charge is 0.496 e. The van der Waals surface area contributed by atoms with E-state index >= 15 is 0 Å². The summed E-state index contributed by atoms with van der Waals surface area (Å²) in [5.41, 5.74) is 3.03. The molecular formula is C27H33N5O5. The van der Waals surface area contributed by atoms with Crippen molar-refractivity contribution in [2.45, 2.75) is 38.2 Å². The molecule has 3 fully saturated rings. The summed E-state index contributed by atoms with van der Waals surface area (Å²) in [6, 6.07) is 9.94. The molecule has 0 saturated carbocycles. The number of aliphatic hydroxyl groups is 1. The van der Waals surface area contributed by atoms with Crippen LogP contribution in [0.3, 0.4) is 0 Å². The maximum Gasteiger partial charge on any atom is 0.229 e. The molecule has 10 heteroatoms. The highest BCUT2D eigenvalue weighted by atomic mass is 16.7. The molecule has 0 radical (unpaired) electrons. The molecule has 196 valence electrons. The van der Waals surface area contributed by atoms with E-state index in [1.807, 2.05) is 30.3 Å². The second-order valence-electron chi connectivity index (χ2n) is 9.81. The van der Waals surface area contributed by atoms with Crippen molar-refractivity contribution < 1.29 is 24.1 Å². The molecule has 2 aromatic heterocycles. The Hall–Kier alpha value is -3.05. The Balaban J connectivity index is 1.40. The minimum atomic E-state index is -0.459. The SMILES string of the molecule is COc1ccc(-c2ccc3c(N4CCOC[C@@H]4C)nc(N4CCC5(CC4)OCCO5)nc3n2)cc1CO. The van der Waals surface area contributed by atoms with Crippen molar-refractivity contribution in [3.05, 3.63) is 35.9 Å². The number of anilines is 2. The zero-order valence-corrected chi connectivity index (χ0v) is 21.4. The van der Waals surface area contributed by atoms with Gasteiger partial charge in [0.1, 0.15) is 11.6 Å². The first-order valence-electron chi connectivity index (χ1n) is 12.9. The molecule has 5 heterocycles. The molecule has 0 aliphatic carbocycles. The molecular weight excluding hydrogens is 474 g/mol. The number of hydrogen-bond acceptors (Lipinski definition) is 10. The van der Waals surface area contributed by atoms with Gasteiger partial charge in [0.15, 0.2) is 11.4 Å². The third-order valence-corrected chi connectivity index (χ3v) is 7.54. The molecule has 6 rings (SSSR count). The lowest BCUT2D eigenvalue weighted by atomic mass is 10.0. The highest BCUT2D eigenvalue weighted by Gasteiger charge is 2.40. The summed E-state index contributed by atoms with van der Waals surface area (Å²) in [6.45, 7) is 6.93. The molecule has 10 nitrogen and oxygen atoms in total. The van der Waals surface area contributed by atoms with Gasteiger partial charge in [0, 0.05) is 43.6 Å². The Labute approximate surface area is 216 Å². The van der Waals surface area contributed by atoms with Crippen LogP contribution in [0.25, 0.3) is 22.3 Å². The first-order valence-corrected chi connectivity index (χ1v) is 12.9. The number of piperidine rings is 1. The van der Waals surface area contributed by atoms with E-state index in [2.05, 4.69) is 16.7 Å². The van der Waals surface area contributed by atoms with Gasteiger partial charge < -0.3 is 33.9 Å². The normalized spacial score (nSPS) is 21.6. The first-order chi connectivity index (χ1) is 18.1. The number of methoxy groups -OCH3 is 1. The van der Waals surface area contributed by atoms with Crippen LogP contribution in [0.5, 0.6) is 5.75 Å². The summed E-state index contributed by atoms with van der Waals surface area (Å²) in [7, 11) is 1.60. The third-order valence-electron chi connectivity index (χ3n) is 7.54. The Bertz CT molecular complexity index is 1270. The summed E-state index contributed by atoms with van der Waals surface area (Å²) in [5, 5.41) is 10.7. The van der Waals surface area contributed by atoms with Gasteiger partial charge in [0.2, 0.25) is 5.95 Å². The summed E-state index contributed by atoms with van der Waals surface area (Å²) in [4.78, 5) is 19.5. The van der Waals surface area contributed by atoms with E-state index in [0.29, 0.717) is 49.3 Å². The van der Waals surface area contributed by atoms with Crippen LogP contribution < -0.4 is 14.5 Å². The average molecular weight is 508 g/mol. The molecule has 0 amide bonds. The molecule has 0 unspecified atom stereocenters. The Morgan fingerprint density at radius 1 is 1.03 bits per heavy atom. The third kappa shape index (κ3) is 4.59. The molecule has 3 saturated heterocycles. The number of hydrogen-bond donors (Lipinski definition) is 1. The molecule has 37 heavy (non-hydrogen) atoms. The van der Waals surface area contributed by atoms with Gasteiger partial charge in [-0.2, -0.15) is 9.97 Å². The van der Waals surface area contributed by atoms with E-state index in [1.165, 1.54) is 0 Å². The average Bonchev–Trinajstić information content (AvgIpc) is 3.40. The Morgan fingerprint density at radius 2 is 1.84 bits per heavy atom. The highest BCUT2D eigenvalue weighted by molar-refractivity contribution is 5.90. The van der Waals surface area contributed by atoms with E-state index in [-0.39, 0.29) is 12.6 Å². The standard InChI is InChI=1S/C27H33N5O5/c1-18-17-35-12-11-32(18)25-21-4-5-22(19-3-6-23(34-2)20(15-19)16-33)28-24(21)29-26(30-25)31-9-7-27(8-10-31)36-13-14-37-27/h3-6,15,18,33H,7-14,16-17H2,1-2H3/t18-/m0/s1. The fourth-order valence-electron chi connectivity index (χ4n) is 5.44.